The number of hydrogen-bond acceptors (Lipinski definition) is 5. The average molecular weight is 311 g/mol. The summed E-state index contributed by atoms with van der Waals surface area (Å²) in [5.74, 6) is 0. The van der Waals surface area contributed by atoms with E-state index in [2.05, 4.69) is 9.71 Å². The van der Waals surface area contributed by atoms with E-state index in [1.807, 2.05) is 11.4 Å². The molecule has 108 valence electrons. The number of rotatable bonds is 4. The van der Waals surface area contributed by atoms with Gasteiger partial charge < -0.3 is 5.73 Å². The van der Waals surface area contributed by atoms with Crippen molar-refractivity contribution in [1.29, 1.82) is 0 Å². The van der Waals surface area contributed by atoms with Crippen molar-refractivity contribution < 1.29 is 8.42 Å². The van der Waals surface area contributed by atoms with Crippen molar-refractivity contribution in [1.82, 2.24) is 9.71 Å². The summed E-state index contributed by atoms with van der Waals surface area (Å²) in [6.45, 7) is 5.29. The zero-order valence-corrected chi connectivity index (χ0v) is 13.2. The van der Waals surface area contributed by atoms with Crippen molar-refractivity contribution in [3.8, 4) is 0 Å². The van der Waals surface area contributed by atoms with Gasteiger partial charge in [-0.15, -0.1) is 11.3 Å². The van der Waals surface area contributed by atoms with Crippen molar-refractivity contribution >= 4 is 27.0 Å². The van der Waals surface area contributed by atoms with Gasteiger partial charge in [0.25, 0.3) is 0 Å². The van der Waals surface area contributed by atoms with Crippen LogP contribution in [0.4, 0.5) is 5.69 Å². The van der Waals surface area contributed by atoms with Gasteiger partial charge in [0.1, 0.15) is 9.90 Å². The average Bonchev–Trinajstić information content (AvgIpc) is 2.87. The summed E-state index contributed by atoms with van der Waals surface area (Å²) < 4.78 is 27.7. The van der Waals surface area contributed by atoms with E-state index in [1.54, 1.807) is 33.0 Å². The van der Waals surface area contributed by atoms with Crippen LogP contribution in [0.3, 0.4) is 0 Å². The molecule has 0 saturated heterocycles. The van der Waals surface area contributed by atoms with Crippen LogP contribution in [0.1, 0.15) is 29.1 Å². The number of sulfonamides is 1. The second-order valence-electron chi connectivity index (χ2n) is 4.66. The Bertz CT molecular complexity index is 709. The zero-order chi connectivity index (χ0) is 14.9. The molecule has 0 aliphatic carbocycles. The molecule has 0 spiro atoms. The van der Waals surface area contributed by atoms with Crippen molar-refractivity contribution in [2.75, 3.05) is 5.73 Å². The Balaban J connectivity index is 2.39. The molecule has 5 nitrogen and oxygen atoms in total. The monoisotopic (exact) mass is 311 g/mol. The molecule has 0 saturated carbocycles. The summed E-state index contributed by atoms with van der Waals surface area (Å²) >= 11 is 1.41. The Kier molecular flexibility index (Phi) is 4.12. The molecule has 0 bridgehead atoms. The first-order valence-corrected chi connectivity index (χ1v) is 8.46. The van der Waals surface area contributed by atoms with Crippen molar-refractivity contribution in [2.24, 2.45) is 0 Å². The van der Waals surface area contributed by atoms with Crippen LogP contribution in [0, 0.1) is 13.8 Å². The van der Waals surface area contributed by atoms with E-state index in [1.165, 1.54) is 11.3 Å². The minimum Gasteiger partial charge on any atom is -0.397 e. The normalized spacial score (nSPS) is 13.3. The van der Waals surface area contributed by atoms with Gasteiger partial charge in [0, 0.05) is 11.6 Å². The zero-order valence-electron chi connectivity index (χ0n) is 11.5. The third-order valence-electron chi connectivity index (χ3n) is 3.03. The second kappa shape index (κ2) is 5.51. The van der Waals surface area contributed by atoms with E-state index in [4.69, 9.17) is 5.73 Å². The number of anilines is 1. The van der Waals surface area contributed by atoms with Crippen molar-refractivity contribution in [3.05, 3.63) is 39.8 Å². The third kappa shape index (κ3) is 2.84. The minimum atomic E-state index is -3.68. The Morgan fingerprint density at radius 3 is 2.55 bits per heavy atom. The summed E-state index contributed by atoms with van der Waals surface area (Å²) in [4.78, 5) is 4.27. The molecular weight excluding hydrogens is 294 g/mol. The topological polar surface area (TPSA) is 85.1 Å². The fourth-order valence-electron chi connectivity index (χ4n) is 1.95. The molecule has 1 unspecified atom stereocenters. The van der Waals surface area contributed by atoms with Gasteiger partial charge in [0.15, 0.2) is 0 Å². The van der Waals surface area contributed by atoms with Gasteiger partial charge in [0.2, 0.25) is 10.0 Å². The maximum atomic E-state index is 12.5. The number of aromatic nitrogens is 1. The van der Waals surface area contributed by atoms with Crippen LogP contribution in [0.25, 0.3) is 0 Å². The van der Waals surface area contributed by atoms with Gasteiger partial charge in [-0.1, -0.05) is 12.1 Å². The molecule has 0 amide bonds. The van der Waals surface area contributed by atoms with E-state index in [-0.39, 0.29) is 10.9 Å². The molecule has 1 heterocycles. The third-order valence-corrected chi connectivity index (χ3v) is 5.73. The number of nitrogens with one attached hydrogen (secondary N) is 1. The van der Waals surface area contributed by atoms with E-state index in [0.29, 0.717) is 11.3 Å². The van der Waals surface area contributed by atoms with Crippen LogP contribution in [0.15, 0.2) is 28.6 Å². The van der Waals surface area contributed by atoms with E-state index in [9.17, 15) is 8.42 Å². The molecule has 3 N–H and O–H groups in total. The first-order valence-electron chi connectivity index (χ1n) is 6.10. The van der Waals surface area contributed by atoms with E-state index >= 15 is 0 Å². The fourth-order valence-corrected chi connectivity index (χ4v) is 4.31. The second-order valence-corrected chi connectivity index (χ2v) is 7.23. The number of thiazole rings is 1. The summed E-state index contributed by atoms with van der Waals surface area (Å²) in [6.07, 6.45) is 1.65. The molecule has 1 aromatic carbocycles. The molecule has 1 atom stereocenters. The predicted octanol–water partition coefficient (Wildman–Crippen LogP) is 2.38. The van der Waals surface area contributed by atoms with Crippen LogP contribution < -0.4 is 10.5 Å². The number of nitrogen functional groups attached to an aromatic ring is 1. The van der Waals surface area contributed by atoms with Crippen LogP contribution >= 0.6 is 11.3 Å². The number of hydrogen-bond donors (Lipinski definition) is 2. The standard InChI is InChI=1S/C13H17N3O2S2/c1-8-4-5-9(2)12(11(8)14)20(17,18)16-10(3)13-15-6-7-19-13/h4-7,10,16H,14H2,1-3H3. The Labute approximate surface area is 122 Å². The summed E-state index contributed by atoms with van der Waals surface area (Å²) in [5.41, 5.74) is 7.61. The lowest BCUT2D eigenvalue weighted by Crippen LogP contribution is -2.28. The number of nitrogens with two attached hydrogens (primary N) is 1. The first kappa shape index (κ1) is 15.0. The Morgan fingerprint density at radius 1 is 1.30 bits per heavy atom. The highest BCUT2D eigenvalue weighted by Crippen LogP contribution is 2.27. The highest BCUT2D eigenvalue weighted by atomic mass is 32.2. The molecule has 1 aromatic heterocycles. The van der Waals surface area contributed by atoms with E-state index < -0.39 is 10.0 Å². The van der Waals surface area contributed by atoms with Gasteiger partial charge >= 0.3 is 0 Å². The van der Waals surface area contributed by atoms with Gasteiger partial charge in [0.05, 0.1) is 11.7 Å². The van der Waals surface area contributed by atoms with Crippen LogP contribution in [-0.2, 0) is 10.0 Å². The lowest BCUT2D eigenvalue weighted by Gasteiger charge is -2.16. The highest BCUT2D eigenvalue weighted by Gasteiger charge is 2.24. The number of benzene rings is 1. The maximum absolute atomic E-state index is 12.5. The summed E-state index contributed by atoms with van der Waals surface area (Å²) in [5, 5.41) is 2.53. The number of nitrogens with zero attached hydrogens (tertiary/aromatic N) is 1. The van der Waals surface area contributed by atoms with E-state index in [0.717, 1.165) is 10.6 Å². The maximum Gasteiger partial charge on any atom is 0.243 e. The Morgan fingerprint density at radius 2 is 1.95 bits per heavy atom. The molecule has 0 aliphatic rings. The van der Waals surface area contributed by atoms with Crippen LogP contribution in [0.5, 0.6) is 0 Å². The minimum absolute atomic E-state index is 0.154. The molecule has 2 aromatic rings. The lowest BCUT2D eigenvalue weighted by molar-refractivity contribution is 0.566. The van der Waals surface area contributed by atoms with Crippen LogP contribution in [0.2, 0.25) is 0 Å². The Hall–Kier alpha value is -1.44. The van der Waals surface area contributed by atoms with Crippen molar-refractivity contribution in [3.63, 3.8) is 0 Å². The first-order chi connectivity index (χ1) is 9.33. The smallest absolute Gasteiger partial charge is 0.243 e. The van der Waals surface area contributed by atoms with Crippen molar-refractivity contribution in [2.45, 2.75) is 31.7 Å². The number of aryl methyl sites for hydroxylation is 2. The molecule has 20 heavy (non-hydrogen) atoms. The molecule has 0 radical (unpaired) electrons. The summed E-state index contributed by atoms with van der Waals surface area (Å²) in [6, 6.07) is 3.18. The predicted molar refractivity (Wildman–Crippen MR) is 81.2 cm³/mol. The summed E-state index contributed by atoms with van der Waals surface area (Å²) in [7, 11) is -3.68. The molecular formula is C13H17N3O2S2. The molecule has 7 heteroatoms. The lowest BCUT2D eigenvalue weighted by atomic mass is 10.1. The highest BCUT2D eigenvalue weighted by molar-refractivity contribution is 7.89. The largest absolute Gasteiger partial charge is 0.397 e. The SMILES string of the molecule is Cc1ccc(C)c(S(=O)(=O)NC(C)c2nccs2)c1N. The van der Waals surface area contributed by atoms with Gasteiger partial charge in [-0.25, -0.2) is 18.1 Å². The molecule has 0 fully saturated rings. The molecule has 2 rings (SSSR count). The van der Waals surface area contributed by atoms with Crippen LogP contribution in [-0.4, -0.2) is 13.4 Å². The fraction of sp³-hybridized carbons (Fsp3) is 0.308. The molecule has 0 aliphatic heterocycles. The quantitative estimate of drug-likeness (QED) is 0.849. The van der Waals surface area contributed by atoms with Gasteiger partial charge in [-0.2, -0.15) is 0 Å². The van der Waals surface area contributed by atoms with Gasteiger partial charge in [-0.3, -0.25) is 0 Å². The van der Waals surface area contributed by atoms with Gasteiger partial charge in [-0.05, 0) is 31.9 Å².